The Balaban J connectivity index is 2.55. The molecule has 0 spiro atoms. The first kappa shape index (κ1) is 23.9. The zero-order valence-corrected chi connectivity index (χ0v) is 19.6. The van der Waals surface area contributed by atoms with Gasteiger partial charge in [0.15, 0.2) is 0 Å². The van der Waals surface area contributed by atoms with Crippen LogP contribution in [0.15, 0.2) is 32.1 Å². The predicted molar refractivity (Wildman–Crippen MR) is 121 cm³/mol. The summed E-state index contributed by atoms with van der Waals surface area (Å²) >= 11 is 0. The van der Waals surface area contributed by atoms with E-state index in [1.165, 1.54) is 0 Å². The van der Waals surface area contributed by atoms with Crippen LogP contribution in [-0.4, -0.2) is 76.2 Å². The fraction of sp³-hybridized carbons (Fsp3) is 0.727. The van der Waals surface area contributed by atoms with Crippen LogP contribution in [0.3, 0.4) is 0 Å². The molecule has 2 heterocycles. The van der Waals surface area contributed by atoms with E-state index in [0.29, 0.717) is 23.6 Å². The second-order valence-electron chi connectivity index (χ2n) is 8.06. The minimum absolute atomic E-state index is 0.183. The number of hydrogen-bond donors (Lipinski definition) is 0. The van der Waals surface area contributed by atoms with Crippen molar-refractivity contribution in [3.8, 4) is 0 Å². The molecular weight excluding hydrogens is 384 g/mol. The van der Waals surface area contributed by atoms with Crippen molar-refractivity contribution in [1.82, 2.24) is 0 Å². The lowest BCUT2D eigenvalue weighted by Gasteiger charge is -2.35. The van der Waals surface area contributed by atoms with Crippen LogP contribution in [-0.2, 0) is 18.9 Å². The van der Waals surface area contributed by atoms with E-state index >= 15 is 0 Å². The van der Waals surface area contributed by atoms with E-state index in [9.17, 15) is 0 Å². The van der Waals surface area contributed by atoms with Crippen molar-refractivity contribution in [2.75, 3.05) is 28.4 Å². The summed E-state index contributed by atoms with van der Waals surface area (Å²) in [4.78, 5) is 19.4. The molecule has 0 aromatic rings. The molecule has 8 nitrogen and oxygen atoms in total. The maximum absolute atomic E-state index is 5.67. The molecule has 2 rings (SSSR count). The Kier molecular flexibility index (Phi) is 8.43. The van der Waals surface area contributed by atoms with Gasteiger partial charge in [-0.25, -0.2) is 20.0 Å². The zero-order valence-electron chi connectivity index (χ0n) is 19.6. The van der Waals surface area contributed by atoms with Crippen molar-refractivity contribution in [2.24, 2.45) is 37.7 Å². The van der Waals surface area contributed by atoms with Crippen LogP contribution < -0.4 is 0 Å². The summed E-state index contributed by atoms with van der Waals surface area (Å²) in [6, 6.07) is -1.20. The van der Waals surface area contributed by atoms with Crippen LogP contribution in [0.5, 0.6) is 0 Å². The van der Waals surface area contributed by atoms with Crippen LogP contribution >= 0.6 is 0 Å². The van der Waals surface area contributed by atoms with Crippen molar-refractivity contribution in [1.29, 1.82) is 0 Å². The third kappa shape index (κ3) is 4.84. The zero-order chi connectivity index (χ0) is 22.4. The van der Waals surface area contributed by atoms with E-state index in [1.54, 1.807) is 28.4 Å². The van der Waals surface area contributed by atoms with Crippen LogP contribution in [0.25, 0.3) is 0 Å². The minimum Gasteiger partial charge on any atom is -0.483 e. The Morgan fingerprint density at radius 3 is 1.17 bits per heavy atom. The van der Waals surface area contributed by atoms with E-state index in [2.05, 4.69) is 27.7 Å². The predicted octanol–water partition coefficient (Wildman–Crippen LogP) is 3.17. The highest BCUT2D eigenvalue weighted by atomic mass is 16.5. The molecule has 0 unspecified atom stereocenters. The van der Waals surface area contributed by atoms with Crippen molar-refractivity contribution in [3.63, 3.8) is 0 Å². The van der Waals surface area contributed by atoms with Gasteiger partial charge in [0, 0.05) is 5.92 Å². The molecule has 8 heteroatoms. The van der Waals surface area contributed by atoms with Crippen molar-refractivity contribution >= 4 is 23.6 Å². The fourth-order valence-electron chi connectivity index (χ4n) is 3.74. The molecule has 30 heavy (non-hydrogen) atoms. The van der Waals surface area contributed by atoms with E-state index in [1.807, 2.05) is 19.1 Å². The Labute approximate surface area is 180 Å². The molecule has 4 atom stereocenters. The van der Waals surface area contributed by atoms with Crippen molar-refractivity contribution < 1.29 is 18.9 Å². The largest absolute Gasteiger partial charge is 0.483 e. The average Bonchev–Trinajstić information content (AvgIpc) is 2.75. The Morgan fingerprint density at radius 1 is 0.600 bits per heavy atom. The summed E-state index contributed by atoms with van der Waals surface area (Å²) < 4.78 is 22.5. The molecule has 0 saturated heterocycles. The molecule has 0 aromatic carbocycles. The van der Waals surface area contributed by atoms with Crippen molar-refractivity contribution in [3.05, 3.63) is 12.2 Å². The molecule has 0 N–H and O–H groups in total. The number of allylic oxidation sites excluding steroid dienone is 1. The van der Waals surface area contributed by atoms with Gasteiger partial charge in [-0.3, -0.25) is 0 Å². The summed E-state index contributed by atoms with van der Waals surface area (Å²) in [5, 5.41) is 0. The van der Waals surface area contributed by atoms with Gasteiger partial charge in [0.25, 0.3) is 0 Å². The van der Waals surface area contributed by atoms with E-state index in [0.717, 1.165) is 0 Å². The third-order valence-electron chi connectivity index (χ3n) is 5.32. The maximum atomic E-state index is 5.67. The Hall–Kier alpha value is -2.38. The number of ether oxygens (including phenoxy) is 4. The normalized spacial score (nSPS) is 27.1. The van der Waals surface area contributed by atoms with Gasteiger partial charge >= 0.3 is 0 Å². The summed E-state index contributed by atoms with van der Waals surface area (Å²) in [5.74, 6) is 2.50. The SMILES string of the molecule is CC=CC([C@@H]1N=C(OC)[C@@H](C(C)C)N=C1OC)[C@@H]1N=C(OC)[C@@H](C(C)C)N=C1OC. The number of nitrogens with zero attached hydrogens (tertiary/aromatic N) is 4. The van der Waals surface area contributed by atoms with Gasteiger partial charge in [-0.05, 0) is 18.8 Å². The molecule has 0 bridgehead atoms. The molecule has 0 aromatic heterocycles. The number of aliphatic imine (C=N–C) groups is 4. The second kappa shape index (κ2) is 10.6. The summed E-state index contributed by atoms with van der Waals surface area (Å²) in [7, 11) is 6.49. The highest BCUT2D eigenvalue weighted by Crippen LogP contribution is 2.29. The monoisotopic (exact) mass is 420 g/mol. The Bertz CT molecular complexity index is 683. The van der Waals surface area contributed by atoms with Crippen LogP contribution in [0, 0.1) is 17.8 Å². The van der Waals surface area contributed by atoms with Gasteiger partial charge in [0.2, 0.25) is 23.6 Å². The van der Waals surface area contributed by atoms with E-state index in [4.69, 9.17) is 38.9 Å². The first-order valence-electron chi connectivity index (χ1n) is 10.4. The summed E-state index contributed by atoms with van der Waals surface area (Å²) in [6.45, 7) is 10.3. The molecule has 0 aliphatic carbocycles. The summed E-state index contributed by atoms with van der Waals surface area (Å²) in [6.07, 6.45) is 4.01. The topological polar surface area (TPSA) is 86.4 Å². The standard InChI is InChI=1S/C22H36N4O4/c1-10-11-14(17-21(29-8)23-15(12(2)3)19(25-17)27-6)18-22(30-9)24-16(13(4)5)20(26-18)28-7/h10-18H,1-9H3/t15-,16-,17+,18+/m1/s1. The molecule has 0 saturated carbocycles. The van der Waals surface area contributed by atoms with Gasteiger partial charge in [0.1, 0.15) is 24.2 Å². The second-order valence-corrected chi connectivity index (χ2v) is 8.06. The average molecular weight is 421 g/mol. The fourth-order valence-corrected chi connectivity index (χ4v) is 3.74. The Morgan fingerprint density at radius 2 is 0.900 bits per heavy atom. The first-order chi connectivity index (χ1) is 14.3. The lowest BCUT2D eigenvalue weighted by Crippen LogP contribution is -2.47. The molecule has 0 fully saturated rings. The van der Waals surface area contributed by atoms with E-state index in [-0.39, 0.29) is 29.8 Å². The number of methoxy groups -OCH3 is 4. The quantitative estimate of drug-likeness (QED) is 0.639. The molecule has 2 aliphatic rings. The maximum Gasteiger partial charge on any atom is 0.210 e. The molecule has 168 valence electrons. The smallest absolute Gasteiger partial charge is 0.210 e. The number of hydrogen-bond acceptors (Lipinski definition) is 8. The molecule has 0 amide bonds. The lowest BCUT2D eigenvalue weighted by molar-refractivity contribution is 0.300. The molecule has 0 radical (unpaired) electrons. The van der Waals surface area contributed by atoms with Gasteiger partial charge in [-0.2, -0.15) is 0 Å². The van der Waals surface area contributed by atoms with E-state index < -0.39 is 12.1 Å². The lowest BCUT2D eigenvalue weighted by atomic mass is 9.88. The van der Waals surface area contributed by atoms with Gasteiger partial charge in [-0.15, -0.1) is 0 Å². The highest BCUT2D eigenvalue weighted by molar-refractivity contribution is 5.97. The first-order valence-corrected chi connectivity index (χ1v) is 10.4. The molecule has 2 aliphatic heterocycles. The van der Waals surface area contributed by atoms with Gasteiger partial charge in [-0.1, -0.05) is 39.8 Å². The minimum atomic E-state index is -0.418. The summed E-state index contributed by atoms with van der Waals surface area (Å²) in [5.41, 5.74) is 0. The highest BCUT2D eigenvalue weighted by Gasteiger charge is 2.42. The van der Waals surface area contributed by atoms with Crippen molar-refractivity contribution in [2.45, 2.75) is 58.8 Å². The number of rotatable bonds is 5. The van der Waals surface area contributed by atoms with Crippen LogP contribution in [0.4, 0.5) is 0 Å². The van der Waals surface area contributed by atoms with Crippen LogP contribution in [0.1, 0.15) is 34.6 Å². The third-order valence-corrected chi connectivity index (χ3v) is 5.32. The van der Waals surface area contributed by atoms with Gasteiger partial charge in [0.05, 0.1) is 28.4 Å². The molecular formula is C22H36N4O4. The van der Waals surface area contributed by atoms with Crippen LogP contribution in [0.2, 0.25) is 0 Å². The van der Waals surface area contributed by atoms with Gasteiger partial charge < -0.3 is 18.9 Å².